The van der Waals surface area contributed by atoms with E-state index in [1.165, 1.54) is 0 Å². The number of ether oxygens (including phenoxy) is 2. The Morgan fingerprint density at radius 3 is 2.53 bits per heavy atom. The fourth-order valence-electron chi connectivity index (χ4n) is 2.24. The Morgan fingerprint density at radius 2 is 2.00 bits per heavy atom. The molecule has 0 heterocycles. The van der Waals surface area contributed by atoms with Crippen LogP contribution in [0.25, 0.3) is 0 Å². The van der Waals surface area contributed by atoms with Gasteiger partial charge in [0.1, 0.15) is 11.5 Å². The van der Waals surface area contributed by atoms with Crippen molar-refractivity contribution in [3.8, 4) is 11.5 Å². The highest BCUT2D eigenvalue weighted by Crippen LogP contribution is 2.29. The molecule has 1 rings (SSSR count). The first kappa shape index (κ1) is 15.8. The molecule has 0 aliphatic rings. The Bertz CT molecular complexity index is 382. The van der Waals surface area contributed by atoms with Crippen molar-refractivity contribution in [2.24, 2.45) is 0 Å². The summed E-state index contributed by atoms with van der Waals surface area (Å²) in [5.74, 6) is 1.68. The quantitative estimate of drug-likeness (QED) is 0.783. The predicted octanol–water partition coefficient (Wildman–Crippen LogP) is 2.31. The van der Waals surface area contributed by atoms with Gasteiger partial charge in [0.2, 0.25) is 0 Å². The molecule has 4 nitrogen and oxygen atoms in total. The van der Waals surface area contributed by atoms with Gasteiger partial charge in [0.15, 0.2) is 0 Å². The Labute approximate surface area is 116 Å². The van der Waals surface area contributed by atoms with E-state index in [0.29, 0.717) is 0 Å². The molecule has 108 valence electrons. The van der Waals surface area contributed by atoms with E-state index >= 15 is 0 Å². The zero-order valence-corrected chi connectivity index (χ0v) is 12.7. The monoisotopic (exact) mass is 266 g/mol. The van der Waals surface area contributed by atoms with Crippen molar-refractivity contribution in [3.63, 3.8) is 0 Å². The van der Waals surface area contributed by atoms with Crippen molar-refractivity contribution < 1.29 is 9.47 Å². The number of likely N-dealkylation sites (N-methyl/N-ethyl adjacent to an activating group) is 2. The standard InChI is InChI=1S/C15H26N2O2/c1-6-9-17(3)11-14(16-2)13-8-7-12(18-4)10-15(13)19-5/h7-8,10,14,16H,6,9,11H2,1-5H3. The van der Waals surface area contributed by atoms with Crippen molar-refractivity contribution in [1.82, 2.24) is 10.2 Å². The van der Waals surface area contributed by atoms with Gasteiger partial charge in [-0.2, -0.15) is 0 Å². The van der Waals surface area contributed by atoms with Crippen molar-refractivity contribution in [2.75, 3.05) is 41.4 Å². The molecule has 1 aromatic carbocycles. The van der Waals surface area contributed by atoms with Gasteiger partial charge in [-0.15, -0.1) is 0 Å². The summed E-state index contributed by atoms with van der Waals surface area (Å²) in [5, 5.41) is 3.36. The second-order valence-corrected chi connectivity index (χ2v) is 4.71. The molecule has 0 fully saturated rings. The average molecular weight is 266 g/mol. The van der Waals surface area contributed by atoms with Crippen molar-refractivity contribution in [1.29, 1.82) is 0 Å². The molecular formula is C15H26N2O2. The van der Waals surface area contributed by atoms with E-state index < -0.39 is 0 Å². The van der Waals surface area contributed by atoms with Crippen molar-refractivity contribution >= 4 is 0 Å². The highest BCUT2D eigenvalue weighted by atomic mass is 16.5. The van der Waals surface area contributed by atoms with Crippen LogP contribution in [0.15, 0.2) is 18.2 Å². The molecule has 0 saturated heterocycles. The van der Waals surface area contributed by atoms with Crippen molar-refractivity contribution in [3.05, 3.63) is 23.8 Å². The summed E-state index contributed by atoms with van der Waals surface area (Å²) < 4.78 is 10.7. The Balaban J connectivity index is 2.90. The minimum atomic E-state index is 0.248. The van der Waals surface area contributed by atoms with Gasteiger partial charge >= 0.3 is 0 Å². The molecule has 0 saturated carbocycles. The van der Waals surface area contributed by atoms with Gasteiger partial charge in [-0.3, -0.25) is 0 Å². The van der Waals surface area contributed by atoms with Crippen LogP contribution in [0.4, 0.5) is 0 Å². The maximum atomic E-state index is 5.47. The zero-order valence-electron chi connectivity index (χ0n) is 12.7. The summed E-state index contributed by atoms with van der Waals surface area (Å²) in [6, 6.07) is 6.22. The smallest absolute Gasteiger partial charge is 0.127 e. The maximum Gasteiger partial charge on any atom is 0.127 e. The number of nitrogens with one attached hydrogen (secondary N) is 1. The predicted molar refractivity (Wildman–Crippen MR) is 79.1 cm³/mol. The Hall–Kier alpha value is -1.26. The number of hydrogen-bond donors (Lipinski definition) is 1. The summed E-state index contributed by atoms with van der Waals surface area (Å²) in [4.78, 5) is 2.32. The summed E-state index contributed by atoms with van der Waals surface area (Å²) in [7, 11) is 7.48. The summed E-state index contributed by atoms with van der Waals surface area (Å²) in [6.45, 7) is 4.24. The van der Waals surface area contributed by atoms with Gasteiger partial charge in [-0.05, 0) is 33.1 Å². The molecule has 4 heteroatoms. The lowest BCUT2D eigenvalue weighted by Gasteiger charge is -2.25. The third-order valence-corrected chi connectivity index (χ3v) is 3.26. The molecular weight excluding hydrogens is 240 g/mol. The van der Waals surface area contributed by atoms with Gasteiger partial charge < -0.3 is 19.7 Å². The number of hydrogen-bond acceptors (Lipinski definition) is 4. The van der Waals surface area contributed by atoms with Crippen LogP contribution in [0.5, 0.6) is 11.5 Å². The van der Waals surface area contributed by atoms with Crippen LogP contribution < -0.4 is 14.8 Å². The first-order chi connectivity index (χ1) is 9.15. The van der Waals surface area contributed by atoms with Crippen LogP contribution in [0.3, 0.4) is 0 Å². The number of methoxy groups -OCH3 is 2. The molecule has 0 amide bonds. The van der Waals surface area contributed by atoms with Gasteiger partial charge in [-0.25, -0.2) is 0 Å². The highest BCUT2D eigenvalue weighted by Gasteiger charge is 2.16. The van der Waals surface area contributed by atoms with Crippen LogP contribution in [0.1, 0.15) is 24.9 Å². The number of benzene rings is 1. The van der Waals surface area contributed by atoms with Gasteiger partial charge in [0, 0.05) is 24.2 Å². The molecule has 0 bridgehead atoms. The van der Waals surface area contributed by atoms with E-state index in [-0.39, 0.29) is 6.04 Å². The summed E-state index contributed by atoms with van der Waals surface area (Å²) >= 11 is 0. The minimum Gasteiger partial charge on any atom is -0.497 e. The first-order valence-electron chi connectivity index (χ1n) is 6.74. The van der Waals surface area contributed by atoms with Crippen LogP contribution in [-0.4, -0.2) is 46.3 Å². The van der Waals surface area contributed by atoms with E-state index in [4.69, 9.17) is 9.47 Å². The highest BCUT2D eigenvalue weighted by molar-refractivity contribution is 5.42. The van der Waals surface area contributed by atoms with E-state index in [9.17, 15) is 0 Å². The molecule has 0 radical (unpaired) electrons. The third kappa shape index (κ3) is 4.40. The third-order valence-electron chi connectivity index (χ3n) is 3.26. The Kier molecular flexibility index (Phi) is 6.67. The topological polar surface area (TPSA) is 33.7 Å². The van der Waals surface area contributed by atoms with E-state index in [1.807, 2.05) is 19.2 Å². The van der Waals surface area contributed by atoms with Gasteiger partial charge in [0.25, 0.3) is 0 Å². The second kappa shape index (κ2) is 8.02. The van der Waals surface area contributed by atoms with E-state index in [0.717, 1.165) is 36.6 Å². The fourth-order valence-corrected chi connectivity index (χ4v) is 2.24. The molecule has 0 aliphatic heterocycles. The molecule has 0 aromatic heterocycles. The van der Waals surface area contributed by atoms with E-state index in [2.05, 4.69) is 30.3 Å². The van der Waals surface area contributed by atoms with E-state index in [1.54, 1.807) is 14.2 Å². The average Bonchev–Trinajstić information content (AvgIpc) is 2.44. The largest absolute Gasteiger partial charge is 0.497 e. The lowest BCUT2D eigenvalue weighted by molar-refractivity contribution is 0.292. The minimum absolute atomic E-state index is 0.248. The zero-order chi connectivity index (χ0) is 14.3. The lowest BCUT2D eigenvalue weighted by atomic mass is 10.0. The molecule has 1 N–H and O–H groups in total. The van der Waals surface area contributed by atoms with Crippen LogP contribution >= 0.6 is 0 Å². The van der Waals surface area contributed by atoms with Crippen LogP contribution in [0, 0.1) is 0 Å². The normalized spacial score (nSPS) is 12.5. The molecule has 1 atom stereocenters. The SMILES string of the molecule is CCCN(C)CC(NC)c1ccc(OC)cc1OC. The van der Waals surface area contributed by atoms with Crippen LogP contribution in [-0.2, 0) is 0 Å². The molecule has 1 unspecified atom stereocenters. The fraction of sp³-hybridized carbons (Fsp3) is 0.600. The maximum absolute atomic E-state index is 5.47. The molecule has 0 aliphatic carbocycles. The second-order valence-electron chi connectivity index (χ2n) is 4.71. The number of nitrogens with zero attached hydrogens (tertiary/aromatic N) is 1. The summed E-state index contributed by atoms with van der Waals surface area (Å²) in [6.07, 6.45) is 1.16. The lowest BCUT2D eigenvalue weighted by Crippen LogP contribution is -2.32. The number of rotatable bonds is 8. The van der Waals surface area contributed by atoms with Gasteiger partial charge in [0.05, 0.1) is 14.2 Å². The first-order valence-corrected chi connectivity index (χ1v) is 6.74. The van der Waals surface area contributed by atoms with Crippen molar-refractivity contribution in [2.45, 2.75) is 19.4 Å². The molecule has 19 heavy (non-hydrogen) atoms. The van der Waals surface area contributed by atoms with Gasteiger partial charge in [-0.1, -0.05) is 13.0 Å². The molecule has 0 spiro atoms. The molecule has 1 aromatic rings. The van der Waals surface area contributed by atoms with Crippen LogP contribution in [0.2, 0.25) is 0 Å². The Morgan fingerprint density at radius 1 is 1.26 bits per heavy atom. The summed E-state index contributed by atoms with van der Waals surface area (Å²) in [5.41, 5.74) is 1.16.